The number of amides is 1. The summed E-state index contributed by atoms with van der Waals surface area (Å²) >= 11 is 0. The molecule has 2 aromatic carbocycles. The van der Waals surface area contributed by atoms with E-state index in [1.807, 2.05) is 6.07 Å². The molecule has 0 saturated heterocycles. The molecular formula is C17H18FNO4. The van der Waals surface area contributed by atoms with E-state index in [-0.39, 0.29) is 18.4 Å². The van der Waals surface area contributed by atoms with E-state index in [0.29, 0.717) is 17.9 Å². The third-order valence-electron chi connectivity index (χ3n) is 3.06. The highest BCUT2D eigenvalue weighted by Gasteiger charge is 2.08. The van der Waals surface area contributed by atoms with E-state index >= 15 is 0 Å². The average Bonchev–Trinajstić information content (AvgIpc) is 2.50. The van der Waals surface area contributed by atoms with Crippen molar-refractivity contribution in [2.45, 2.75) is 19.4 Å². The summed E-state index contributed by atoms with van der Waals surface area (Å²) in [5.74, 6) is 0.506. The molecule has 0 heterocycles. The molecule has 5 nitrogen and oxygen atoms in total. The van der Waals surface area contributed by atoms with E-state index in [1.165, 1.54) is 12.1 Å². The van der Waals surface area contributed by atoms with Gasteiger partial charge in [-0.1, -0.05) is 18.2 Å². The molecule has 6 heteroatoms. The van der Waals surface area contributed by atoms with Crippen LogP contribution in [0.25, 0.3) is 0 Å². The molecule has 2 aromatic rings. The molecule has 0 aliphatic carbocycles. The molecule has 0 aliphatic heterocycles. The second kappa shape index (κ2) is 8.03. The number of ether oxygens (including phenoxy) is 2. The van der Waals surface area contributed by atoms with Crippen LogP contribution in [0.1, 0.15) is 13.3 Å². The number of hydrogen-bond donors (Lipinski definition) is 2. The molecule has 23 heavy (non-hydrogen) atoms. The molecule has 1 unspecified atom stereocenters. The first-order chi connectivity index (χ1) is 11.0. The third-order valence-corrected chi connectivity index (χ3v) is 3.06. The van der Waals surface area contributed by atoms with Crippen LogP contribution in [0.15, 0.2) is 48.5 Å². The van der Waals surface area contributed by atoms with Crippen molar-refractivity contribution in [2.75, 3.05) is 6.61 Å². The van der Waals surface area contributed by atoms with Gasteiger partial charge in [-0.3, -0.25) is 0 Å². The van der Waals surface area contributed by atoms with Crippen LogP contribution < -0.4 is 14.8 Å². The Bertz CT molecular complexity index is 648. The van der Waals surface area contributed by atoms with Crippen LogP contribution in [-0.4, -0.2) is 23.8 Å². The van der Waals surface area contributed by atoms with E-state index < -0.39 is 11.9 Å². The summed E-state index contributed by atoms with van der Waals surface area (Å²) < 4.78 is 24.9. The predicted octanol–water partition coefficient (Wildman–Crippen LogP) is 4.04. The van der Waals surface area contributed by atoms with Crippen LogP contribution in [0.2, 0.25) is 0 Å². The van der Waals surface area contributed by atoms with Crippen LogP contribution in [0.3, 0.4) is 0 Å². The van der Waals surface area contributed by atoms with E-state index in [9.17, 15) is 9.18 Å². The van der Waals surface area contributed by atoms with E-state index in [0.717, 1.165) is 0 Å². The minimum absolute atomic E-state index is 0.115. The van der Waals surface area contributed by atoms with Gasteiger partial charge in [0.15, 0.2) is 11.6 Å². The Labute approximate surface area is 133 Å². The molecule has 0 aliphatic rings. The summed E-state index contributed by atoms with van der Waals surface area (Å²) in [5, 5.41) is 10.9. The third kappa shape index (κ3) is 5.50. The highest BCUT2D eigenvalue weighted by Crippen LogP contribution is 2.27. The fourth-order valence-corrected chi connectivity index (χ4v) is 1.91. The van der Waals surface area contributed by atoms with Crippen molar-refractivity contribution in [1.29, 1.82) is 0 Å². The Morgan fingerprint density at radius 3 is 2.61 bits per heavy atom. The molecule has 1 atom stereocenters. The van der Waals surface area contributed by atoms with Crippen molar-refractivity contribution in [2.24, 2.45) is 0 Å². The summed E-state index contributed by atoms with van der Waals surface area (Å²) in [6.45, 7) is 2.01. The first kappa shape index (κ1) is 16.6. The topological polar surface area (TPSA) is 67.8 Å². The minimum atomic E-state index is -1.08. The summed E-state index contributed by atoms with van der Waals surface area (Å²) in [6.07, 6.45) is -0.595. The summed E-state index contributed by atoms with van der Waals surface area (Å²) in [7, 11) is 0. The molecule has 0 spiro atoms. The van der Waals surface area contributed by atoms with Gasteiger partial charge in [-0.05, 0) is 31.2 Å². The zero-order chi connectivity index (χ0) is 16.7. The molecule has 2 rings (SSSR count). The number of carbonyl (C=O) groups is 1. The van der Waals surface area contributed by atoms with Crippen molar-refractivity contribution in [3.8, 4) is 17.2 Å². The van der Waals surface area contributed by atoms with Gasteiger partial charge in [0, 0.05) is 18.5 Å². The monoisotopic (exact) mass is 319 g/mol. The smallest absolute Gasteiger partial charge is 0.404 e. The summed E-state index contributed by atoms with van der Waals surface area (Å²) in [4.78, 5) is 10.5. The SMILES string of the molecule is CC(CCOc1ccc(Oc2ccccc2)c(F)c1)NC(=O)O. The number of para-hydroxylation sites is 1. The van der Waals surface area contributed by atoms with Crippen LogP contribution in [0.5, 0.6) is 17.2 Å². The van der Waals surface area contributed by atoms with Gasteiger partial charge >= 0.3 is 6.09 Å². The van der Waals surface area contributed by atoms with Gasteiger partial charge in [-0.15, -0.1) is 0 Å². The second-order valence-electron chi connectivity index (χ2n) is 5.00. The molecule has 2 N–H and O–H groups in total. The number of hydrogen-bond acceptors (Lipinski definition) is 3. The molecule has 1 amide bonds. The normalized spacial score (nSPS) is 11.6. The van der Waals surface area contributed by atoms with Crippen LogP contribution in [0.4, 0.5) is 9.18 Å². The number of rotatable bonds is 7. The summed E-state index contributed by atoms with van der Waals surface area (Å²) in [6, 6.07) is 13.0. The number of halogens is 1. The molecule has 0 saturated carbocycles. The fraction of sp³-hybridized carbons (Fsp3) is 0.235. The quantitative estimate of drug-likeness (QED) is 0.808. The first-order valence-corrected chi connectivity index (χ1v) is 7.19. The van der Waals surface area contributed by atoms with Crippen molar-refractivity contribution < 1.29 is 23.8 Å². The Morgan fingerprint density at radius 2 is 1.96 bits per heavy atom. The first-order valence-electron chi connectivity index (χ1n) is 7.19. The molecule has 122 valence electrons. The standard InChI is InChI=1S/C17H18FNO4/c1-12(19-17(20)21)9-10-22-14-7-8-16(15(18)11-14)23-13-5-3-2-4-6-13/h2-8,11-12,19H,9-10H2,1H3,(H,20,21). The highest BCUT2D eigenvalue weighted by molar-refractivity contribution is 5.64. The maximum absolute atomic E-state index is 14.0. The number of carboxylic acid groups (broad SMARTS) is 1. The maximum Gasteiger partial charge on any atom is 0.404 e. The van der Waals surface area contributed by atoms with Gasteiger partial charge in [-0.2, -0.15) is 0 Å². The molecule has 0 radical (unpaired) electrons. The highest BCUT2D eigenvalue weighted by atomic mass is 19.1. The van der Waals surface area contributed by atoms with E-state index in [2.05, 4.69) is 5.32 Å². The van der Waals surface area contributed by atoms with Gasteiger partial charge in [0.25, 0.3) is 0 Å². The van der Waals surface area contributed by atoms with Gasteiger partial charge in [0.2, 0.25) is 0 Å². The van der Waals surface area contributed by atoms with Gasteiger partial charge in [0.1, 0.15) is 11.5 Å². The molecule has 0 bridgehead atoms. The van der Waals surface area contributed by atoms with Crippen molar-refractivity contribution in [3.63, 3.8) is 0 Å². The largest absolute Gasteiger partial charge is 0.493 e. The average molecular weight is 319 g/mol. The van der Waals surface area contributed by atoms with Crippen molar-refractivity contribution in [3.05, 3.63) is 54.3 Å². The lowest BCUT2D eigenvalue weighted by Gasteiger charge is -2.13. The minimum Gasteiger partial charge on any atom is -0.493 e. The van der Waals surface area contributed by atoms with Crippen LogP contribution in [0, 0.1) is 5.82 Å². The van der Waals surface area contributed by atoms with Gasteiger partial charge in [-0.25, -0.2) is 9.18 Å². The molecule has 0 fully saturated rings. The lowest BCUT2D eigenvalue weighted by molar-refractivity contribution is 0.188. The maximum atomic E-state index is 14.0. The molecule has 0 aromatic heterocycles. The Morgan fingerprint density at radius 1 is 1.22 bits per heavy atom. The van der Waals surface area contributed by atoms with E-state index in [1.54, 1.807) is 37.3 Å². The lowest BCUT2D eigenvalue weighted by Crippen LogP contribution is -2.32. The van der Waals surface area contributed by atoms with E-state index in [4.69, 9.17) is 14.6 Å². The Hall–Kier alpha value is -2.76. The Kier molecular flexibility index (Phi) is 5.80. The van der Waals surface area contributed by atoms with Crippen LogP contribution in [-0.2, 0) is 0 Å². The number of benzene rings is 2. The second-order valence-corrected chi connectivity index (χ2v) is 5.00. The van der Waals surface area contributed by atoms with Gasteiger partial charge < -0.3 is 19.9 Å². The summed E-state index contributed by atoms with van der Waals surface area (Å²) in [5.41, 5.74) is 0. The zero-order valence-corrected chi connectivity index (χ0v) is 12.7. The van der Waals surface area contributed by atoms with Gasteiger partial charge in [0.05, 0.1) is 6.61 Å². The van der Waals surface area contributed by atoms with Crippen molar-refractivity contribution in [1.82, 2.24) is 5.32 Å². The Balaban J connectivity index is 1.88. The zero-order valence-electron chi connectivity index (χ0n) is 12.7. The van der Waals surface area contributed by atoms with Crippen LogP contribution >= 0.6 is 0 Å². The fourth-order valence-electron chi connectivity index (χ4n) is 1.91. The number of nitrogens with one attached hydrogen (secondary N) is 1. The van der Waals surface area contributed by atoms with Crippen molar-refractivity contribution >= 4 is 6.09 Å². The molecular weight excluding hydrogens is 301 g/mol. The predicted molar refractivity (Wildman–Crippen MR) is 83.7 cm³/mol. The lowest BCUT2D eigenvalue weighted by atomic mass is 10.2.